The number of hydrogen-bond donors (Lipinski definition) is 1. The minimum absolute atomic E-state index is 0.274. The van der Waals surface area contributed by atoms with E-state index in [9.17, 15) is 5.11 Å². The van der Waals surface area contributed by atoms with E-state index in [1.54, 1.807) is 0 Å². The van der Waals surface area contributed by atoms with Gasteiger partial charge in [-0.1, -0.05) is 41.9 Å². The fourth-order valence-corrected chi connectivity index (χ4v) is 2.49. The number of aliphatic hydroxyl groups excluding tert-OH is 1. The first kappa shape index (κ1) is 16.8. The van der Waals surface area contributed by atoms with E-state index in [-0.39, 0.29) is 6.61 Å². The van der Waals surface area contributed by atoms with Crippen LogP contribution in [0.1, 0.15) is 11.1 Å². The van der Waals surface area contributed by atoms with Crippen molar-refractivity contribution in [3.63, 3.8) is 0 Å². The number of ether oxygens (including phenoxy) is 1. The van der Waals surface area contributed by atoms with Crippen LogP contribution < -0.4 is 4.74 Å². The topological polar surface area (TPSA) is 32.7 Å². The Morgan fingerprint density at radius 1 is 1.18 bits per heavy atom. The zero-order chi connectivity index (χ0) is 15.9. The van der Waals surface area contributed by atoms with Gasteiger partial charge in [0.25, 0.3) is 0 Å². The van der Waals surface area contributed by atoms with Crippen LogP contribution in [-0.4, -0.2) is 36.3 Å². The minimum Gasteiger partial charge on any atom is -0.491 e. The molecule has 3 nitrogen and oxygen atoms in total. The maximum Gasteiger partial charge on any atom is 0.119 e. The summed E-state index contributed by atoms with van der Waals surface area (Å²) in [5.74, 6) is 0.785. The molecule has 0 saturated heterocycles. The van der Waals surface area contributed by atoms with Gasteiger partial charge in [-0.05, 0) is 43.3 Å². The van der Waals surface area contributed by atoms with E-state index in [4.69, 9.17) is 16.3 Å². The van der Waals surface area contributed by atoms with Gasteiger partial charge >= 0.3 is 0 Å². The van der Waals surface area contributed by atoms with Crippen LogP contribution in [0.3, 0.4) is 0 Å². The molecule has 0 heterocycles. The Morgan fingerprint density at radius 3 is 2.68 bits per heavy atom. The van der Waals surface area contributed by atoms with Crippen molar-refractivity contribution in [1.29, 1.82) is 0 Å². The first-order valence-electron chi connectivity index (χ1n) is 7.34. The third-order valence-electron chi connectivity index (χ3n) is 3.35. The fraction of sp³-hybridized carbons (Fsp3) is 0.333. The van der Waals surface area contributed by atoms with Crippen molar-refractivity contribution in [2.75, 3.05) is 20.2 Å². The van der Waals surface area contributed by atoms with Crippen LogP contribution in [-0.2, 0) is 6.54 Å². The second kappa shape index (κ2) is 8.18. The van der Waals surface area contributed by atoms with E-state index in [2.05, 4.69) is 0 Å². The molecule has 1 N–H and O–H groups in total. The maximum atomic E-state index is 10.1. The summed E-state index contributed by atoms with van der Waals surface area (Å²) in [6.07, 6.45) is -0.548. The van der Waals surface area contributed by atoms with Gasteiger partial charge in [0.2, 0.25) is 0 Å². The van der Waals surface area contributed by atoms with E-state index in [1.807, 2.05) is 67.4 Å². The summed E-state index contributed by atoms with van der Waals surface area (Å²) in [5.41, 5.74) is 2.20. The first-order valence-corrected chi connectivity index (χ1v) is 7.72. The molecular weight excluding hydrogens is 298 g/mol. The van der Waals surface area contributed by atoms with Gasteiger partial charge in [-0.25, -0.2) is 0 Å². The number of hydrogen-bond acceptors (Lipinski definition) is 3. The van der Waals surface area contributed by atoms with Crippen LogP contribution in [0, 0.1) is 6.92 Å². The predicted octanol–water partition coefficient (Wildman–Crippen LogP) is 3.52. The molecule has 2 aromatic carbocycles. The molecule has 2 rings (SSSR count). The zero-order valence-corrected chi connectivity index (χ0v) is 13.8. The lowest BCUT2D eigenvalue weighted by atomic mass is 10.2. The Hall–Kier alpha value is -1.55. The molecule has 0 aromatic heterocycles. The van der Waals surface area contributed by atoms with Gasteiger partial charge in [0.05, 0.1) is 0 Å². The molecule has 1 atom stereocenters. The molecule has 0 aliphatic rings. The fourth-order valence-electron chi connectivity index (χ4n) is 2.29. The highest BCUT2D eigenvalue weighted by Crippen LogP contribution is 2.17. The average molecular weight is 320 g/mol. The van der Waals surface area contributed by atoms with Crippen LogP contribution in [0.25, 0.3) is 0 Å². The highest BCUT2D eigenvalue weighted by atomic mass is 35.5. The van der Waals surface area contributed by atoms with Gasteiger partial charge in [0.1, 0.15) is 18.5 Å². The monoisotopic (exact) mass is 319 g/mol. The standard InChI is InChI=1S/C18H22ClNO2/c1-14-6-5-8-17(10-14)22-13-16(21)12-20(2)11-15-7-3-4-9-18(15)19/h3-10,16,21H,11-13H2,1-2H3. The summed E-state index contributed by atoms with van der Waals surface area (Å²) in [6, 6.07) is 15.6. The van der Waals surface area contributed by atoms with E-state index < -0.39 is 6.10 Å². The predicted molar refractivity (Wildman–Crippen MR) is 90.5 cm³/mol. The molecule has 0 spiro atoms. The van der Waals surface area contributed by atoms with Gasteiger partial charge < -0.3 is 9.84 Å². The van der Waals surface area contributed by atoms with E-state index in [0.717, 1.165) is 21.9 Å². The molecule has 0 bridgehead atoms. The van der Waals surface area contributed by atoms with Gasteiger partial charge in [-0.2, -0.15) is 0 Å². The highest BCUT2D eigenvalue weighted by Gasteiger charge is 2.11. The van der Waals surface area contributed by atoms with Crippen molar-refractivity contribution >= 4 is 11.6 Å². The van der Waals surface area contributed by atoms with Crippen molar-refractivity contribution in [1.82, 2.24) is 4.90 Å². The minimum atomic E-state index is -0.548. The Kier molecular flexibility index (Phi) is 6.25. The lowest BCUT2D eigenvalue weighted by Gasteiger charge is -2.21. The van der Waals surface area contributed by atoms with Crippen molar-refractivity contribution in [2.45, 2.75) is 19.6 Å². The number of nitrogens with zero attached hydrogens (tertiary/aromatic N) is 1. The number of halogens is 1. The molecule has 0 amide bonds. The molecule has 0 aliphatic heterocycles. The summed E-state index contributed by atoms with van der Waals surface area (Å²) in [5, 5.41) is 10.8. The molecule has 22 heavy (non-hydrogen) atoms. The smallest absolute Gasteiger partial charge is 0.119 e. The van der Waals surface area contributed by atoms with Crippen LogP contribution in [0.5, 0.6) is 5.75 Å². The van der Waals surface area contributed by atoms with Gasteiger partial charge in [0.15, 0.2) is 0 Å². The quantitative estimate of drug-likeness (QED) is 0.847. The summed E-state index contributed by atoms with van der Waals surface area (Å²) >= 11 is 6.15. The second-order valence-electron chi connectivity index (χ2n) is 5.57. The highest BCUT2D eigenvalue weighted by molar-refractivity contribution is 6.31. The van der Waals surface area contributed by atoms with Crippen LogP contribution in [0.4, 0.5) is 0 Å². The molecule has 0 saturated carbocycles. The second-order valence-corrected chi connectivity index (χ2v) is 5.98. The Labute approximate surface area is 137 Å². The number of benzene rings is 2. The van der Waals surface area contributed by atoms with Crippen molar-refractivity contribution in [3.8, 4) is 5.75 Å². The number of aryl methyl sites for hydroxylation is 1. The zero-order valence-electron chi connectivity index (χ0n) is 13.0. The number of aliphatic hydroxyl groups is 1. The lowest BCUT2D eigenvalue weighted by molar-refractivity contribution is 0.0744. The SMILES string of the molecule is Cc1cccc(OCC(O)CN(C)Cc2ccccc2Cl)c1. The third kappa shape index (κ3) is 5.34. The molecule has 0 aliphatic carbocycles. The largest absolute Gasteiger partial charge is 0.491 e. The van der Waals surface area contributed by atoms with Crippen LogP contribution in [0.15, 0.2) is 48.5 Å². The molecule has 1 unspecified atom stereocenters. The number of rotatable bonds is 7. The summed E-state index contributed by atoms with van der Waals surface area (Å²) in [7, 11) is 1.96. The van der Waals surface area contributed by atoms with Gasteiger partial charge in [-0.15, -0.1) is 0 Å². The average Bonchev–Trinajstić information content (AvgIpc) is 2.47. The maximum absolute atomic E-state index is 10.1. The molecule has 4 heteroatoms. The summed E-state index contributed by atoms with van der Waals surface area (Å²) in [4.78, 5) is 2.03. The number of likely N-dealkylation sites (N-methyl/N-ethyl adjacent to an activating group) is 1. The van der Waals surface area contributed by atoms with E-state index >= 15 is 0 Å². The third-order valence-corrected chi connectivity index (χ3v) is 3.72. The van der Waals surface area contributed by atoms with Gasteiger partial charge in [0, 0.05) is 18.1 Å². The Morgan fingerprint density at radius 2 is 1.95 bits per heavy atom. The van der Waals surface area contributed by atoms with Gasteiger partial charge in [-0.3, -0.25) is 4.90 Å². The Balaban J connectivity index is 1.79. The van der Waals surface area contributed by atoms with Crippen LogP contribution in [0.2, 0.25) is 5.02 Å². The van der Waals surface area contributed by atoms with E-state index in [1.165, 1.54) is 0 Å². The first-order chi connectivity index (χ1) is 10.5. The molecule has 0 fully saturated rings. The lowest BCUT2D eigenvalue weighted by Crippen LogP contribution is -2.32. The molecule has 118 valence electrons. The van der Waals surface area contributed by atoms with E-state index in [0.29, 0.717) is 13.1 Å². The molecule has 2 aromatic rings. The van der Waals surface area contributed by atoms with Crippen molar-refractivity contribution < 1.29 is 9.84 Å². The normalized spacial score (nSPS) is 12.4. The summed E-state index contributed by atoms with van der Waals surface area (Å²) < 4.78 is 5.62. The Bertz CT molecular complexity index is 603. The van der Waals surface area contributed by atoms with Crippen molar-refractivity contribution in [3.05, 3.63) is 64.7 Å². The molecule has 0 radical (unpaired) electrons. The van der Waals surface area contributed by atoms with Crippen LogP contribution >= 0.6 is 11.6 Å². The molecular formula is C18H22ClNO2. The summed E-state index contributed by atoms with van der Waals surface area (Å²) in [6.45, 7) is 3.51. The van der Waals surface area contributed by atoms with Crippen molar-refractivity contribution in [2.24, 2.45) is 0 Å².